The Bertz CT molecular complexity index is 709. The molecule has 6 heteroatoms. The minimum absolute atomic E-state index is 0.0108. The van der Waals surface area contributed by atoms with Crippen molar-refractivity contribution in [2.24, 2.45) is 7.05 Å². The Morgan fingerprint density at radius 3 is 2.32 bits per heavy atom. The minimum Gasteiger partial charge on any atom is -0.353 e. The smallest absolute Gasteiger partial charge is 0.309 e. The fraction of sp³-hybridized carbons (Fsp3) is 0.368. The Morgan fingerprint density at radius 1 is 1.08 bits per heavy atom. The molecule has 2 rings (SSSR count). The molecule has 1 aromatic heterocycles. The number of benzene rings is 1. The van der Waals surface area contributed by atoms with E-state index in [1.165, 1.54) is 0 Å². The lowest BCUT2D eigenvalue weighted by Crippen LogP contribution is -2.44. The average molecular weight is 342 g/mol. The third-order valence-corrected chi connectivity index (χ3v) is 4.26. The summed E-state index contributed by atoms with van der Waals surface area (Å²) in [4.78, 5) is 26.3. The lowest BCUT2D eigenvalue weighted by Gasteiger charge is -2.25. The van der Waals surface area contributed by atoms with Gasteiger partial charge < -0.3 is 15.2 Å². The second-order valence-corrected chi connectivity index (χ2v) is 6.34. The summed E-state index contributed by atoms with van der Waals surface area (Å²) in [7, 11) is 5.85. The monoisotopic (exact) mass is 342 g/mol. The second kappa shape index (κ2) is 8.48. The molecule has 0 saturated carbocycles. The van der Waals surface area contributed by atoms with E-state index >= 15 is 0 Å². The Balaban J connectivity index is 1.92. The van der Waals surface area contributed by atoms with E-state index in [-0.39, 0.29) is 12.1 Å². The molecule has 0 radical (unpaired) electrons. The number of aryl methyl sites for hydroxylation is 1. The van der Waals surface area contributed by atoms with Crippen molar-refractivity contribution in [2.45, 2.75) is 19.0 Å². The van der Waals surface area contributed by atoms with Crippen LogP contribution in [0.15, 0.2) is 48.7 Å². The van der Waals surface area contributed by atoms with Crippen molar-refractivity contribution in [3.05, 3.63) is 59.9 Å². The van der Waals surface area contributed by atoms with Gasteiger partial charge in [-0.25, -0.2) is 0 Å². The van der Waals surface area contributed by atoms with Crippen LogP contribution in [0, 0.1) is 0 Å². The number of hydrogen-bond acceptors (Lipinski definition) is 3. The van der Waals surface area contributed by atoms with Crippen LogP contribution in [0.1, 0.15) is 30.3 Å². The first kappa shape index (κ1) is 18.7. The van der Waals surface area contributed by atoms with Crippen molar-refractivity contribution in [1.82, 2.24) is 20.1 Å². The predicted octanol–water partition coefficient (Wildman–Crippen LogP) is 1.62. The average Bonchev–Trinajstić information content (AvgIpc) is 3.01. The van der Waals surface area contributed by atoms with Crippen molar-refractivity contribution in [3.63, 3.8) is 0 Å². The van der Waals surface area contributed by atoms with Crippen LogP contribution in [0.2, 0.25) is 0 Å². The molecule has 0 spiro atoms. The molecule has 2 atom stereocenters. The Hall–Kier alpha value is -2.60. The van der Waals surface area contributed by atoms with Crippen molar-refractivity contribution in [1.29, 1.82) is 0 Å². The van der Waals surface area contributed by atoms with E-state index in [0.29, 0.717) is 6.54 Å². The molecule has 2 amide bonds. The van der Waals surface area contributed by atoms with Crippen molar-refractivity contribution in [3.8, 4) is 0 Å². The standard InChI is InChI=1S/C19H26N4O2/c1-14(15-9-6-5-7-10-15)21-19(25)18(24)20-13-17(22(2)3)16-11-8-12-23(16)4/h5-12,14,17H,13H2,1-4H3,(H,20,24)(H,21,25). The fourth-order valence-corrected chi connectivity index (χ4v) is 2.73. The summed E-state index contributed by atoms with van der Waals surface area (Å²) in [6.45, 7) is 2.21. The molecule has 0 aliphatic rings. The van der Waals surface area contributed by atoms with Crippen LogP contribution in [0.3, 0.4) is 0 Å². The lowest BCUT2D eigenvalue weighted by molar-refractivity contribution is -0.139. The molecule has 0 saturated heterocycles. The second-order valence-electron chi connectivity index (χ2n) is 6.34. The highest BCUT2D eigenvalue weighted by Gasteiger charge is 2.21. The number of hydrogen-bond donors (Lipinski definition) is 2. The van der Waals surface area contributed by atoms with E-state index in [0.717, 1.165) is 11.3 Å². The van der Waals surface area contributed by atoms with Gasteiger partial charge in [0, 0.05) is 25.5 Å². The number of rotatable bonds is 6. The van der Waals surface area contributed by atoms with Gasteiger partial charge in [-0.05, 0) is 38.7 Å². The van der Waals surface area contributed by atoms with Gasteiger partial charge in [0.15, 0.2) is 0 Å². The van der Waals surface area contributed by atoms with Crippen LogP contribution in [-0.2, 0) is 16.6 Å². The molecule has 0 fully saturated rings. The van der Waals surface area contributed by atoms with Gasteiger partial charge in [0.1, 0.15) is 0 Å². The maximum atomic E-state index is 12.1. The summed E-state index contributed by atoms with van der Waals surface area (Å²) in [6.07, 6.45) is 1.96. The van der Waals surface area contributed by atoms with Crippen molar-refractivity contribution < 1.29 is 9.59 Å². The highest BCUT2D eigenvalue weighted by molar-refractivity contribution is 6.35. The third kappa shape index (κ3) is 4.93. The van der Waals surface area contributed by atoms with Gasteiger partial charge in [-0.3, -0.25) is 14.5 Å². The van der Waals surface area contributed by atoms with Gasteiger partial charge in [-0.1, -0.05) is 30.3 Å². The van der Waals surface area contributed by atoms with E-state index in [2.05, 4.69) is 10.6 Å². The maximum Gasteiger partial charge on any atom is 0.309 e. The molecule has 1 heterocycles. The number of nitrogens with zero attached hydrogens (tertiary/aromatic N) is 2. The summed E-state index contributed by atoms with van der Waals surface area (Å²) in [5.41, 5.74) is 2.03. The number of carbonyl (C=O) groups is 2. The van der Waals surface area contributed by atoms with E-state index in [9.17, 15) is 9.59 Å². The van der Waals surface area contributed by atoms with Crippen LogP contribution in [0.4, 0.5) is 0 Å². The number of likely N-dealkylation sites (N-methyl/N-ethyl adjacent to an activating group) is 1. The molecule has 6 nitrogen and oxygen atoms in total. The molecular weight excluding hydrogens is 316 g/mol. The Morgan fingerprint density at radius 2 is 1.76 bits per heavy atom. The van der Waals surface area contributed by atoms with Crippen LogP contribution in [0.5, 0.6) is 0 Å². The predicted molar refractivity (Wildman–Crippen MR) is 97.9 cm³/mol. The molecule has 2 unspecified atom stereocenters. The van der Waals surface area contributed by atoms with Crippen LogP contribution < -0.4 is 10.6 Å². The fourth-order valence-electron chi connectivity index (χ4n) is 2.73. The topological polar surface area (TPSA) is 66.4 Å². The SMILES string of the molecule is CC(NC(=O)C(=O)NCC(c1cccn1C)N(C)C)c1ccccc1. The zero-order chi connectivity index (χ0) is 18.4. The molecule has 0 aliphatic carbocycles. The zero-order valence-electron chi connectivity index (χ0n) is 15.2. The molecular formula is C19H26N4O2. The van der Waals surface area contributed by atoms with Gasteiger partial charge in [0.2, 0.25) is 0 Å². The molecule has 134 valence electrons. The van der Waals surface area contributed by atoms with Gasteiger partial charge in [-0.15, -0.1) is 0 Å². The quantitative estimate of drug-likeness (QED) is 0.784. The number of aromatic nitrogens is 1. The van der Waals surface area contributed by atoms with E-state index in [1.54, 1.807) is 0 Å². The zero-order valence-corrected chi connectivity index (χ0v) is 15.2. The lowest BCUT2D eigenvalue weighted by atomic mass is 10.1. The van der Waals surface area contributed by atoms with Crippen molar-refractivity contribution in [2.75, 3.05) is 20.6 Å². The summed E-state index contributed by atoms with van der Waals surface area (Å²) >= 11 is 0. The van der Waals surface area contributed by atoms with E-state index in [4.69, 9.17) is 0 Å². The molecule has 0 bridgehead atoms. The van der Waals surface area contributed by atoms with Crippen LogP contribution >= 0.6 is 0 Å². The Labute approximate surface area is 148 Å². The van der Waals surface area contributed by atoms with Gasteiger partial charge in [0.25, 0.3) is 0 Å². The summed E-state index contributed by atoms with van der Waals surface area (Å²) < 4.78 is 2.01. The maximum absolute atomic E-state index is 12.1. The molecule has 25 heavy (non-hydrogen) atoms. The largest absolute Gasteiger partial charge is 0.353 e. The molecule has 2 aromatic rings. The first-order valence-corrected chi connectivity index (χ1v) is 8.31. The number of amides is 2. The molecule has 2 N–H and O–H groups in total. The van der Waals surface area contributed by atoms with Crippen LogP contribution in [-0.4, -0.2) is 41.9 Å². The minimum atomic E-state index is -0.624. The van der Waals surface area contributed by atoms with E-state index < -0.39 is 11.8 Å². The van der Waals surface area contributed by atoms with E-state index in [1.807, 2.05) is 86.2 Å². The molecule has 1 aromatic carbocycles. The van der Waals surface area contributed by atoms with Crippen molar-refractivity contribution >= 4 is 11.8 Å². The highest BCUT2D eigenvalue weighted by atomic mass is 16.2. The summed E-state index contributed by atoms with van der Waals surface area (Å²) in [5.74, 6) is -1.25. The highest BCUT2D eigenvalue weighted by Crippen LogP contribution is 2.17. The number of carbonyl (C=O) groups excluding carboxylic acids is 2. The third-order valence-electron chi connectivity index (χ3n) is 4.26. The van der Waals surface area contributed by atoms with Crippen LogP contribution in [0.25, 0.3) is 0 Å². The summed E-state index contributed by atoms with van der Waals surface area (Å²) in [5, 5.41) is 5.46. The first-order valence-electron chi connectivity index (χ1n) is 8.31. The first-order chi connectivity index (χ1) is 11.9. The van der Waals surface area contributed by atoms with Gasteiger partial charge >= 0.3 is 11.8 Å². The number of nitrogens with one attached hydrogen (secondary N) is 2. The summed E-state index contributed by atoms with van der Waals surface area (Å²) in [6, 6.07) is 13.3. The molecule has 0 aliphatic heterocycles. The van der Waals surface area contributed by atoms with Gasteiger partial charge in [-0.2, -0.15) is 0 Å². The normalized spacial score (nSPS) is 13.3. The Kier molecular flexibility index (Phi) is 6.36. The van der Waals surface area contributed by atoms with Gasteiger partial charge in [0.05, 0.1) is 12.1 Å².